The van der Waals surface area contributed by atoms with Gasteiger partial charge in [-0.05, 0) is 71.3 Å². The van der Waals surface area contributed by atoms with Crippen LogP contribution in [0.15, 0.2) is 0 Å². The minimum absolute atomic E-state index is 1.03. The normalized spacial score (nSPS) is 53.6. The van der Waals surface area contributed by atoms with Crippen molar-refractivity contribution < 1.29 is 0 Å². The van der Waals surface area contributed by atoms with Gasteiger partial charge in [-0.3, -0.25) is 0 Å². The Labute approximate surface area is 177 Å². The summed E-state index contributed by atoms with van der Waals surface area (Å²) in [7, 11) is -1.18. The molecule has 4 aliphatic carbocycles. The molecule has 160 valence electrons. The van der Waals surface area contributed by atoms with Gasteiger partial charge >= 0.3 is 0 Å². The molecule has 0 nitrogen and oxygen atoms in total. The van der Waals surface area contributed by atoms with E-state index < -0.39 is 8.07 Å². The second-order valence-corrected chi connectivity index (χ2v) is 17.7. The Balaban J connectivity index is 1.50. The fraction of sp³-hybridized carbons (Fsp3) is 1.00. The molecule has 1 heterocycles. The molecule has 28 heavy (non-hydrogen) atoms. The first-order chi connectivity index (χ1) is 13.5. The van der Waals surface area contributed by atoms with Gasteiger partial charge in [0.2, 0.25) is 0 Å². The van der Waals surface area contributed by atoms with Gasteiger partial charge in [0, 0.05) is 0 Å². The third-order valence-electron chi connectivity index (χ3n) is 11.7. The lowest BCUT2D eigenvalue weighted by molar-refractivity contribution is 0.127. The van der Waals surface area contributed by atoms with E-state index in [-0.39, 0.29) is 0 Å². The van der Waals surface area contributed by atoms with Gasteiger partial charge < -0.3 is 0 Å². The van der Waals surface area contributed by atoms with E-state index in [2.05, 4.69) is 27.7 Å². The van der Waals surface area contributed by atoms with Crippen LogP contribution in [0.4, 0.5) is 0 Å². The van der Waals surface area contributed by atoms with Crippen LogP contribution in [-0.4, -0.2) is 8.07 Å². The summed E-state index contributed by atoms with van der Waals surface area (Å²) in [6.45, 7) is 10.6. The number of fused-ring (bicyclic) bond motifs is 2. The van der Waals surface area contributed by atoms with E-state index in [9.17, 15) is 0 Å². The van der Waals surface area contributed by atoms with E-state index in [1.807, 2.05) is 0 Å². The van der Waals surface area contributed by atoms with Crippen molar-refractivity contribution in [3.8, 4) is 0 Å². The van der Waals surface area contributed by atoms with E-state index >= 15 is 0 Å². The molecule has 0 N–H and O–H groups in total. The fourth-order valence-corrected chi connectivity index (χ4v) is 18.8. The molecular weight excluding hydrogens is 352 g/mol. The highest BCUT2D eigenvalue weighted by molar-refractivity contribution is 6.83. The Hall–Kier alpha value is 0.217. The Morgan fingerprint density at radius 2 is 0.893 bits per heavy atom. The molecule has 5 fully saturated rings. The minimum Gasteiger partial charge on any atom is -0.0622 e. The van der Waals surface area contributed by atoms with Gasteiger partial charge in [-0.25, -0.2) is 0 Å². The van der Waals surface area contributed by atoms with E-state index in [1.54, 1.807) is 69.9 Å². The molecule has 4 saturated carbocycles. The third-order valence-corrected chi connectivity index (χ3v) is 18.6. The molecular formula is C27H48Si. The fourth-order valence-electron chi connectivity index (χ4n) is 10.5. The van der Waals surface area contributed by atoms with Gasteiger partial charge in [-0.2, -0.15) is 0 Å². The minimum atomic E-state index is -1.18. The van der Waals surface area contributed by atoms with Gasteiger partial charge in [-0.15, -0.1) is 0 Å². The smallest absolute Gasteiger partial charge is 0.0603 e. The molecule has 0 bridgehead atoms. The van der Waals surface area contributed by atoms with Gasteiger partial charge in [0.15, 0.2) is 0 Å². The Bertz CT molecular complexity index is 506. The van der Waals surface area contributed by atoms with Crippen molar-refractivity contribution in [1.29, 1.82) is 0 Å². The lowest BCUT2D eigenvalue weighted by atomic mass is 9.69. The largest absolute Gasteiger partial charge is 0.0622 e. The summed E-state index contributed by atoms with van der Waals surface area (Å²) in [5.41, 5.74) is 2.45. The molecule has 0 spiro atoms. The summed E-state index contributed by atoms with van der Waals surface area (Å²) in [5, 5.41) is 0. The van der Waals surface area contributed by atoms with Crippen LogP contribution >= 0.6 is 0 Å². The van der Waals surface area contributed by atoms with Gasteiger partial charge in [0.25, 0.3) is 0 Å². The lowest BCUT2D eigenvalue weighted by Crippen LogP contribution is -2.52. The first kappa shape index (κ1) is 20.1. The maximum absolute atomic E-state index is 2.68. The maximum atomic E-state index is 2.68. The summed E-state index contributed by atoms with van der Waals surface area (Å²) < 4.78 is 0. The molecule has 0 aromatic heterocycles. The zero-order valence-electron chi connectivity index (χ0n) is 19.5. The van der Waals surface area contributed by atoms with Crippen LogP contribution < -0.4 is 0 Å². The van der Waals surface area contributed by atoms with Crippen molar-refractivity contribution in [3.63, 3.8) is 0 Å². The molecule has 0 aromatic rings. The highest BCUT2D eigenvalue weighted by atomic mass is 28.3. The van der Waals surface area contributed by atoms with Crippen molar-refractivity contribution in [1.82, 2.24) is 0 Å². The standard InChI is InChI=1S/C27H48Si/c1-18-8-10-20(3)26-22(18)12-14-24(26)28(16-6-5-7-17-28)25-15-13-23-19(2)9-11-21(4)27(23)25/h18-27H,5-17H2,1-4H3. The van der Waals surface area contributed by atoms with E-state index in [0.29, 0.717) is 0 Å². The summed E-state index contributed by atoms with van der Waals surface area (Å²) in [6, 6.07) is 3.49. The average molecular weight is 401 g/mol. The third kappa shape index (κ3) is 3.03. The molecule has 10 atom stereocenters. The maximum Gasteiger partial charge on any atom is 0.0603 e. The first-order valence-electron chi connectivity index (χ1n) is 13.5. The topological polar surface area (TPSA) is 0 Å². The number of rotatable bonds is 2. The summed E-state index contributed by atoms with van der Waals surface area (Å²) in [5.74, 6) is 8.66. The van der Waals surface area contributed by atoms with Crippen molar-refractivity contribution in [3.05, 3.63) is 0 Å². The molecule has 1 heteroatoms. The number of hydrogen-bond donors (Lipinski definition) is 0. The highest BCUT2D eigenvalue weighted by Crippen LogP contribution is 2.67. The molecule has 1 aliphatic heterocycles. The molecule has 10 unspecified atom stereocenters. The predicted octanol–water partition coefficient (Wildman–Crippen LogP) is 8.54. The van der Waals surface area contributed by atoms with Crippen LogP contribution in [-0.2, 0) is 0 Å². The average Bonchev–Trinajstić information content (AvgIpc) is 3.35. The van der Waals surface area contributed by atoms with E-state index in [4.69, 9.17) is 0 Å². The predicted molar refractivity (Wildman–Crippen MR) is 124 cm³/mol. The lowest BCUT2D eigenvalue weighted by Gasteiger charge is -2.54. The van der Waals surface area contributed by atoms with E-state index in [0.717, 1.165) is 47.3 Å². The van der Waals surface area contributed by atoms with Crippen molar-refractivity contribution >= 4 is 8.07 Å². The van der Waals surface area contributed by atoms with Crippen LogP contribution in [0.3, 0.4) is 0 Å². The number of hydrogen-bond acceptors (Lipinski definition) is 0. The molecule has 5 aliphatic rings. The Kier molecular flexibility index (Phi) is 5.55. The van der Waals surface area contributed by atoms with Crippen molar-refractivity contribution in [2.75, 3.05) is 0 Å². The molecule has 0 amide bonds. The van der Waals surface area contributed by atoms with Crippen LogP contribution in [0.2, 0.25) is 23.2 Å². The van der Waals surface area contributed by atoms with Crippen LogP contribution in [0.1, 0.15) is 98.3 Å². The Morgan fingerprint density at radius 3 is 1.36 bits per heavy atom. The van der Waals surface area contributed by atoms with E-state index in [1.165, 1.54) is 23.9 Å². The first-order valence-corrected chi connectivity index (χ1v) is 16.1. The molecule has 1 saturated heterocycles. The molecule has 0 radical (unpaired) electrons. The zero-order chi connectivity index (χ0) is 19.5. The SMILES string of the molecule is CC1CCC(C)C2C1CCC2[Si]1(C2CCC3C(C)CCC(C)C32)CCCCC1. The molecule has 0 aromatic carbocycles. The second kappa shape index (κ2) is 7.72. The van der Waals surface area contributed by atoms with Gasteiger partial charge in [-0.1, -0.05) is 97.6 Å². The summed E-state index contributed by atoms with van der Waals surface area (Å²) in [6.07, 6.45) is 17.5. The van der Waals surface area contributed by atoms with Gasteiger partial charge in [0.05, 0.1) is 8.07 Å². The monoisotopic (exact) mass is 400 g/mol. The van der Waals surface area contributed by atoms with Crippen LogP contribution in [0.25, 0.3) is 0 Å². The van der Waals surface area contributed by atoms with Crippen molar-refractivity contribution in [2.24, 2.45) is 47.3 Å². The highest BCUT2D eigenvalue weighted by Gasteiger charge is 2.60. The molecule has 5 rings (SSSR count). The van der Waals surface area contributed by atoms with Crippen LogP contribution in [0, 0.1) is 47.3 Å². The summed E-state index contributed by atoms with van der Waals surface area (Å²) >= 11 is 0. The quantitative estimate of drug-likeness (QED) is 0.407. The van der Waals surface area contributed by atoms with Crippen LogP contribution in [0.5, 0.6) is 0 Å². The van der Waals surface area contributed by atoms with Gasteiger partial charge in [0.1, 0.15) is 0 Å². The van der Waals surface area contributed by atoms with Crippen molar-refractivity contribution in [2.45, 2.75) is 121 Å². The Morgan fingerprint density at radius 1 is 0.464 bits per heavy atom. The summed E-state index contributed by atoms with van der Waals surface area (Å²) in [4.78, 5) is 0. The second-order valence-electron chi connectivity index (χ2n) is 12.7. The zero-order valence-corrected chi connectivity index (χ0v) is 20.5.